The third-order valence-electron chi connectivity index (χ3n) is 3.87. The van der Waals surface area contributed by atoms with Crippen molar-refractivity contribution in [3.8, 4) is 0 Å². The van der Waals surface area contributed by atoms with Crippen LogP contribution in [-0.2, 0) is 20.6 Å². The Kier molecular flexibility index (Phi) is 7.02. The van der Waals surface area contributed by atoms with Gasteiger partial charge in [-0.2, -0.15) is 26.3 Å². The highest BCUT2D eigenvalue weighted by Gasteiger charge is 2.41. The van der Waals surface area contributed by atoms with Gasteiger partial charge in [0.05, 0.1) is 0 Å². The maximum absolute atomic E-state index is 11.2. The molecule has 134 valence electrons. The highest BCUT2D eigenvalue weighted by molar-refractivity contribution is 7.84. The molecular formula is C12H28N2O6S2. The number of hydrogen-bond donors (Lipinski definition) is 4. The average Bonchev–Trinajstić information content (AvgIpc) is 2.06. The van der Waals surface area contributed by atoms with E-state index in [0.29, 0.717) is 12.8 Å². The van der Waals surface area contributed by atoms with Crippen molar-refractivity contribution in [3.63, 3.8) is 0 Å². The molecule has 0 amide bonds. The first-order valence-corrected chi connectivity index (χ1v) is 9.84. The molecule has 0 aromatic rings. The summed E-state index contributed by atoms with van der Waals surface area (Å²) >= 11 is 0. The molecule has 0 aliphatic heterocycles. The van der Waals surface area contributed by atoms with Crippen molar-refractivity contribution in [2.45, 2.75) is 66.0 Å². The van der Waals surface area contributed by atoms with Crippen LogP contribution in [-0.4, -0.2) is 37.5 Å². The van der Waals surface area contributed by atoms with E-state index in [1.54, 1.807) is 13.8 Å². The molecule has 22 heavy (non-hydrogen) atoms. The minimum Gasteiger partial charge on any atom is -0.273 e. The SMILES string of the molecule is CC(CC(C)NS(=O)(=O)O)CC(C)(NS(=O)(=O)O)C(C)(C)C. The maximum atomic E-state index is 11.2. The second kappa shape index (κ2) is 7.10. The van der Waals surface area contributed by atoms with Crippen LogP contribution in [0.15, 0.2) is 0 Å². The zero-order chi connectivity index (χ0) is 18.0. The molecule has 0 aliphatic rings. The lowest BCUT2D eigenvalue weighted by molar-refractivity contribution is 0.143. The van der Waals surface area contributed by atoms with Gasteiger partial charge in [0, 0.05) is 11.6 Å². The predicted molar refractivity (Wildman–Crippen MR) is 85.1 cm³/mol. The van der Waals surface area contributed by atoms with E-state index in [4.69, 9.17) is 9.11 Å². The van der Waals surface area contributed by atoms with Gasteiger partial charge in [0.25, 0.3) is 0 Å². The molecule has 0 aromatic carbocycles. The Hall–Kier alpha value is -0.260. The van der Waals surface area contributed by atoms with Gasteiger partial charge in [-0.1, -0.05) is 27.7 Å². The third-order valence-corrected chi connectivity index (χ3v) is 5.28. The second-order valence-corrected chi connectivity index (χ2v) is 9.54. The van der Waals surface area contributed by atoms with E-state index in [1.165, 1.54) is 0 Å². The minimum atomic E-state index is -4.37. The Balaban J connectivity index is 5.03. The molecular weight excluding hydrogens is 332 g/mol. The molecule has 10 heteroatoms. The molecule has 0 fully saturated rings. The number of hydrogen-bond acceptors (Lipinski definition) is 4. The van der Waals surface area contributed by atoms with Gasteiger partial charge in [-0.25, -0.2) is 0 Å². The highest BCUT2D eigenvalue weighted by atomic mass is 32.2. The summed E-state index contributed by atoms with van der Waals surface area (Å²) in [5, 5.41) is 0. The Labute approximate surface area is 133 Å². The largest absolute Gasteiger partial charge is 0.333 e. The van der Waals surface area contributed by atoms with Gasteiger partial charge in [0.2, 0.25) is 0 Å². The van der Waals surface area contributed by atoms with Gasteiger partial charge in [0.1, 0.15) is 0 Å². The summed E-state index contributed by atoms with van der Waals surface area (Å²) in [4.78, 5) is 0. The van der Waals surface area contributed by atoms with Crippen LogP contribution >= 0.6 is 0 Å². The highest BCUT2D eigenvalue weighted by Crippen LogP contribution is 2.36. The molecule has 0 heterocycles. The molecule has 4 N–H and O–H groups in total. The number of nitrogens with one attached hydrogen (secondary N) is 2. The van der Waals surface area contributed by atoms with Crippen molar-refractivity contribution in [1.29, 1.82) is 0 Å². The van der Waals surface area contributed by atoms with Crippen LogP contribution < -0.4 is 9.44 Å². The van der Waals surface area contributed by atoms with Crippen LogP contribution in [0.2, 0.25) is 0 Å². The van der Waals surface area contributed by atoms with E-state index >= 15 is 0 Å². The first-order chi connectivity index (χ1) is 9.45. The third kappa shape index (κ3) is 8.39. The zero-order valence-electron chi connectivity index (χ0n) is 13.9. The van der Waals surface area contributed by atoms with Crippen LogP contribution in [0.25, 0.3) is 0 Å². The smallest absolute Gasteiger partial charge is 0.273 e. The fourth-order valence-electron chi connectivity index (χ4n) is 2.47. The first-order valence-electron chi connectivity index (χ1n) is 6.96. The summed E-state index contributed by atoms with van der Waals surface area (Å²) < 4.78 is 66.1. The fourth-order valence-corrected chi connectivity index (χ4v) is 4.04. The van der Waals surface area contributed by atoms with Crippen LogP contribution in [0.5, 0.6) is 0 Å². The Bertz CT molecular complexity index is 567. The quantitative estimate of drug-likeness (QED) is 0.483. The first kappa shape index (κ1) is 21.7. The molecule has 3 atom stereocenters. The lowest BCUT2D eigenvalue weighted by Gasteiger charge is -2.43. The second-order valence-electron chi connectivity index (χ2n) is 7.20. The van der Waals surface area contributed by atoms with Crippen molar-refractivity contribution >= 4 is 20.6 Å². The molecule has 0 aromatic heterocycles. The molecule has 0 radical (unpaired) electrons. The molecule has 3 unspecified atom stereocenters. The van der Waals surface area contributed by atoms with Crippen molar-refractivity contribution < 1.29 is 25.9 Å². The average molecular weight is 360 g/mol. The summed E-state index contributed by atoms with van der Waals surface area (Å²) in [5.74, 6) is -0.0669. The Morgan fingerprint density at radius 3 is 1.73 bits per heavy atom. The van der Waals surface area contributed by atoms with Gasteiger partial charge in [-0.15, -0.1) is 0 Å². The molecule has 0 saturated heterocycles. The van der Waals surface area contributed by atoms with Gasteiger partial charge in [0.15, 0.2) is 0 Å². The van der Waals surface area contributed by atoms with Gasteiger partial charge < -0.3 is 0 Å². The van der Waals surface area contributed by atoms with E-state index < -0.39 is 37.6 Å². The Morgan fingerprint density at radius 2 is 1.41 bits per heavy atom. The van der Waals surface area contributed by atoms with E-state index in [2.05, 4.69) is 9.44 Å². The molecule has 8 nitrogen and oxygen atoms in total. The molecule has 0 bridgehead atoms. The molecule has 0 spiro atoms. The van der Waals surface area contributed by atoms with Gasteiger partial charge in [-0.3, -0.25) is 9.11 Å². The fraction of sp³-hybridized carbons (Fsp3) is 1.00. The zero-order valence-corrected chi connectivity index (χ0v) is 15.5. The van der Waals surface area contributed by atoms with Crippen molar-refractivity contribution in [2.24, 2.45) is 11.3 Å². The lowest BCUT2D eigenvalue weighted by Crippen LogP contribution is -2.55. The summed E-state index contributed by atoms with van der Waals surface area (Å²) in [6.45, 7) is 10.7. The summed E-state index contributed by atoms with van der Waals surface area (Å²) in [6, 6.07) is -0.500. The normalized spacial score (nSPS) is 19.5. The van der Waals surface area contributed by atoms with Crippen molar-refractivity contribution in [2.75, 3.05) is 0 Å². The lowest BCUT2D eigenvalue weighted by atomic mass is 9.70. The van der Waals surface area contributed by atoms with Gasteiger partial charge in [-0.05, 0) is 38.0 Å². The summed E-state index contributed by atoms with van der Waals surface area (Å²) in [5.41, 5.74) is -1.39. The van der Waals surface area contributed by atoms with E-state index in [-0.39, 0.29) is 5.92 Å². The number of rotatable bonds is 8. The molecule has 0 rings (SSSR count). The Morgan fingerprint density at radius 1 is 0.955 bits per heavy atom. The van der Waals surface area contributed by atoms with Gasteiger partial charge >= 0.3 is 20.6 Å². The van der Waals surface area contributed by atoms with Crippen LogP contribution in [0.4, 0.5) is 0 Å². The van der Waals surface area contributed by atoms with E-state index in [9.17, 15) is 16.8 Å². The maximum Gasteiger partial charge on any atom is 0.333 e. The van der Waals surface area contributed by atoms with Crippen molar-refractivity contribution in [1.82, 2.24) is 9.44 Å². The summed E-state index contributed by atoms with van der Waals surface area (Å²) in [6.07, 6.45) is 0.784. The topological polar surface area (TPSA) is 133 Å². The standard InChI is InChI=1S/C12H28N2O6S2/c1-9(7-10(2)13-21(15,16)17)8-12(6,11(3,4)5)14-22(18,19)20/h9-10,13-14H,7-8H2,1-6H3,(H,15,16,17)(H,18,19,20). The predicted octanol–water partition coefficient (Wildman–Crippen LogP) is 1.38. The molecule has 0 saturated carbocycles. The van der Waals surface area contributed by atoms with Crippen LogP contribution in [0.1, 0.15) is 54.4 Å². The minimum absolute atomic E-state index is 0.0669. The summed E-state index contributed by atoms with van der Waals surface area (Å²) in [7, 11) is -8.64. The van der Waals surface area contributed by atoms with Crippen LogP contribution in [0.3, 0.4) is 0 Å². The van der Waals surface area contributed by atoms with E-state index in [1.807, 2.05) is 27.7 Å². The van der Waals surface area contributed by atoms with Crippen molar-refractivity contribution in [3.05, 3.63) is 0 Å². The monoisotopic (exact) mass is 360 g/mol. The molecule has 0 aliphatic carbocycles. The van der Waals surface area contributed by atoms with E-state index in [0.717, 1.165) is 0 Å². The van der Waals surface area contributed by atoms with Crippen LogP contribution in [0, 0.1) is 11.3 Å².